The van der Waals surface area contributed by atoms with Gasteiger partial charge in [0.15, 0.2) is 0 Å². The second-order valence-electron chi connectivity index (χ2n) is 4.56. The first-order chi connectivity index (χ1) is 7.77. The monoisotopic (exact) mass is 252 g/mol. The van der Waals surface area contributed by atoms with E-state index < -0.39 is 15.5 Å². The second kappa shape index (κ2) is 4.91. The van der Waals surface area contributed by atoms with E-state index in [9.17, 15) is 8.42 Å². The smallest absolute Gasteiger partial charge is 0.265 e. The molecule has 0 N–H and O–H groups in total. The van der Waals surface area contributed by atoms with Gasteiger partial charge >= 0.3 is 0 Å². The molecule has 1 rings (SSSR count). The lowest BCUT2D eigenvalue weighted by Gasteiger charge is -2.16. The Bertz CT molecular complexity index is 519. The fourth-order valence-electron chi connectivity index (χ4n) is 1.04. The normalized spacial score (nSPS) is 12.1. The van der Waals surface area contributed by atoms with Crippen LogP contribution in [0.5, 0.6) is 0 Å². The number of benzene rings is 1. The minimum atomic E-state index is -3.72. The standard InChI is InChI=1S/C13H16O3S/c1-5-13(3,4)10-16-17(14,15)12-8-6-11(2)7-9-12/h1,6-9H,10H2,2-4H3. The molecule has 17 heavy (non-hydrogen) atoms. The third-order valence-electron chi connectivity index (χ3n) is 2.28. The van der Waals surface area contributed by atoms with E-state index in [0.29, 0.717) is 0 Å². The highest BCUT2D eigenvalue weighted by atomic mass is 32.2. The molecule has 0 spiro atoms. The largest absolute Gasteiger partial charge is 0.297 e. The third kappa shape index (κ3) is 3.88. The lowest BCUT2D eigenvalue weighted by molar-refractivity contribution is 0.234. The van der Waals surface area contributed by atoms with Crippen LogP contribution in [0.1, 0.15) is 19.4 Å². The third-order valence-corrected chi connectivity index (χ3v) is 3.55. The topological polar surface area (TPSA) is 43.4 Å². The summed E-state index contributed by atoms with van der Waals surface area (Å²) in [7, 11) is -3.72. The van der Waals surface area contributed by atoms with Crippen molar-refractivity contribution in [1.29, 1.82) is 0 Å². The molecule has 0 saturated heterocycles. The van der Waals surface area contributed by atoms with Crippen LogP contribution in [-0.2, 0) is 14.3 Å². The summed E-state index contributed by atoms with van der Waals surface area (Å²) < 4.78 is 28.6. The molecule has 0 amide bonds. The molecule has 0 radical (unpaired) electrons. The SMILES string of the molecule is C#CC(C)(C)COS(=O)(=O)c1ccc(C)cc1. The van der Waals surface area contributed by atoms with Gasteiger partial charge in [-0.2, -0.15) is 8.42 Å². The number of aryl methyl sites for hydroxylation is 1. The van der Waals surface area contributed by atoms with E-state index in [1.807, 2.05) is 6.92 Å². The second-order valence-corrected chi connectivity index (χ2v) is 6.17. The van der Waals surface area contributed by atoms with Crippen molar-refractivity contribution in [2.24, 2.45) is 5.41 Å². The molecular formula is C13H16O3S. The Hall–Kier alpha value is -1.31. The molecule has 92 valence electrons. The Labute approximate surface area is 103 Å². The van der Waals surface area contributed by atoms with Gasteiger partial charge in [-0.1, -0.05) is 23.6 Å². The van der Waals surface area contributed by atoms with Gasteiger partial charge < -0.3 is 0 Å². The van der Waals surface area contributed by atoms with Gasteiger partial charge in [0.25, 0.3) is 10.1 Å². The van der Waals surface area contributed by atoms with Crippen molar-refractivity contribution in [3.05, 3.63) is 29.8 Å². The zero-order chi connectivity index (χ0) is 13.1. The first-order valence-electron chi connectivity index (χ1n) is 5.21. The van der Waals surface area contributed by atoms with E-state index in [-0.39, 0.29) is 11.5 Å². The predicted octanol–water partition coefficient (Wildman–Crippen LogP) is 2.36. The van der Waals surface area contributed by atoms with E-state index in [0.717, 1.165) is 5.56 Å². The molecule has 0 atom stereocenters. The van der Waals surface area contributed by atoms with Gasteiger partial charge in [0.2, 0.25) is 0 Å². The Kier molecular flexibility index (Phi) is 3.97. The molecule has 0 heterocycles. The number of hydrogen-bond donors (Lipinski definition) is 0. The molecule has 1 aromatic rings. The van der Waals surface area contributed by atoms with E-state index in [4.69, 9.17) is 10.6 Å². The van der Waals surface area contributed by atoms with Gasteiger partial charge in [-0.25, -0.2) is 0 Å². The molecule has 0 aliphatic rings. The highest BCUT2D eigenvalue weighted by Gasteiger charge is 2.21. The molecule has 0 unspecified atom stereocenters. The van der Waals surface area contributed by atoms with Gasteiger partial charge in [0, 0.05) is 0 Å². The molecule has 1 aromatic carbocycles. The highest BCUT2D eigenvalue weighted by molar-refractivity contribution is 7.86. The maximum absolute atomic E-state index is 11.8. The van der Waals surface area contributed by atoms with Crippen molar-refractivity contribution in [3.63, 3.8) is 0 Å². The summed E-state index contributed by atoms with van der Waals surface area (Å²) in [5.41, 5.74) is 0.394. The molecule has 0 aliphatic carbocycles. The van der Waals surface area contributed by atoms with Crippen molar-refractivity contribution in [3.8, 4) is 12.3 Å². The maximum atomic E-state index is 11.8. The lowest BCUT2D eigenvalue weighted by atomic mass is 9.97. The Morgan fingerprint density at radius 3 is 2.29 bits per heavy atom. The lowest BCUT2D eigenvalue weighted by Crippen LogP contribution is -2.20. The number of hydrogen-bond acceptors (Lipinski definition) is 3. The minimum Gasteiger partial charge on any atom is -0.265 e. The van der Waals surface area contributed by atoms with Crippen LogP contribution in [0.4, 0.5) is 0 Å². The van der Waals surface area contributed by atoms with Crippen LogP contribution >= 0.6 is 0 Å². The zero-order valence-corrected chi connectivity index (χ0v) is 11.0. The molecule has 0 aliphatic heterocycles. The van der Waals surface area contributed by atoms with Crippen molar-refractivity contribution in [1.82, 2.24) is 0 Å². The summed E-state index contributed by atoms with van der Waals surface area (Å²) in [6.45, 7) is 5.35. The predicted molar refractivity (Wildman–Crippen MR) is 66.9 cm³/mol. The highest BCUT2D eigenvalue weighted by Crippen LogP contribution is 2.19. The summed E-state index contributed by atoms with van der Waals surface area (Å²) in [6.07, 6.45) is 5.27. The zero-order valence-electron chi connectivity index (χ0n) is 10.2. The number of rotatable bonds is 4. The molecule has 0 bridgehead atoms. The molecule has 0 saturated carbocycles. The van der Waals surface area contributed by atoms with E-state index in [2.05, 4.69) is 5.92 Å². The van der Waals surface area contributed by atoms with Gasteiger partial charge in [0.1, 0.15) is 0 Å². The minimum absolute atomic E-state index is 0.0281. The Morgan fingerprint density at radius 1 is 1.29 bits per heavy atom. The fraction of sp³-hybridized carbons (Fsp3) is 0.385. The molecular weight excluding hydrogens is 236 g/mol. The van der Waals surface area contributed by atoms with Crippen LogP contribution in [0.15, 0.2) is 29.2 Å². The van der Waals surface area contributed by atoms with Crippen LogP contribution in [0.3, 0.4) is 0 Å². The molecule has 3 nitrogen and oxygen atoms in total. The molecule has 0 fully saturated rings. The summed E-state index contributed by atoms with van der Waals surface area (Å²) in [6, 6.07) is 6.49. The Balaban J connectivity index is 2.84. The van der Waals surface area contributed by atoms with E-state index in [1.54, 1.807) is 26.0 Å². The first-order valence-corrected chi connectivity index (χ1v) is 6.61. The first kappa shape index (κ1) is 13.8. The quantitative estimate of drug-likeness (QED) is 0.610. The van der Waals surface area contributed by atoms with E-state index in [1.165, 1.54) is 12.1 Å². The fourth-order valence-corrected chi connectivity index (χ4v) is 2.09. The molecule has 0 aromatic heterocycles. The maximum Gasteiger partial charge on any atom is 0.297 e. The summed E-state index contributed by atoms with van der Waals surface area (Å²) in [4.78, 5) is 0.149. The van der Waals surface area contributed by atoms with Gasteiger partial charge in [-0.15, -0.1) is 6.42 Å². The van der Waals surface area contributed by atoms with Crippen LogP contribution in [-0.4, -0.2) is 15.0 Å². The van der Waals surface area contributed by atoms with Crippen LogP contribution in [0, 0.1) is 24.7 Å². The van der Waals surface area contributed by atoms with Crippen LogP contribution in [0.2, 0.25) is 0 Å². The molecule has 4 heteroatoms. The Morgan fingerprint density at radius 2 is 1.82 bits per heavy atom. The van der Waals surface area contributed by atoms with Crippen molar-refractivity contribution in [2.75, 3.05) is 6.61 Å². The van der Waals surface area contributed by atoms with Crippen LogP contribution < -0.4 is 0 Å². The van der Waals surface area contributed by atoms with Crippen molar-refractivity contribution < 1.29 is 12.6 Å². The van der Waals surface area contributed by atoms with Crippen LogP contribution in [0.25, 0.3) is 0 Å². The summed E-state index contributed by atoms with van der Waals surface area (Å²) >= 11 is 0. The average Bonchev–Trinajstić information content (AvgIpc) is 2.27. The summed E-state index contributed by atoms with van der Waals surface area (Å²) in [5.74, 6) is 2.49. The average molecular weight is 252 g/mol. The van der Waals surface area contributed by atoms with Gasteiger partial charge in [0.05, 0.1) is 16.9 Å². The van der Waals surface area contributed by atoms with Crippen molar-refractivity contribution in [2.45, 2.75) is 25.7 Å². The number of terminal acetylenes is 1. The van der Waals surface area contributed by atoms with Crippen molar-refractivity contribution >= 4 is 10.1 Å². The van der Waals surface area contributed by atoms with E-state index >= 15 is 0 Å². The van der Waals surface area contributed by atoms with Gasteiger partial charge in [-0.3, -0.25) is 4.18 Å². The van der Waals surface area contributed by atoms with Gasteiger partial charge in [-0.05, 0) is 32.9 Å². The summed E-state index contributed by atoms with van der Waals surface area (Å²) in [5, 5.41) is 0.